The maximum Gasteiger partial charge on any atom is 0.330 e. The highest BCUT2D eigenvalue weighted by Gasteiger charge is 2.40. The molecule has 0 N–H and O–H groups in total. The molecule has 0 spiro atoms. The summed E-state index contributed by atoms with van der Waals surface area (Å²) in [5.74, 6) is -0.349. The summed E-state index contributed by atoms with van der Waals surface area (Å²) in [7, 11) is -0.191. The zero-order valence-corrected chi connectivity index (χ0v) is 11.2. The lowest BCUT2D eigenvalue weighted by molar-refractivity contribution is -0.140. The number of ether oxygens (including phenoxy) is 1. The van der Waals surface area contributed by atoms with Gasteiger partial charge >= 0.3 is 5.97 Å². The lowest BCUT2D eigenvalue weighted by Crippen LogP contribution is -2.50. The van der Waals surface area contributed by atoms with Crippen molar-refractivity contribution in [2.24, 2.45) is 0 Å². The van der Waals surface area contributed by atoms with Crippen molar-refractivity contribution in [1.29, 1.82) is 0 Å². The van der Waals surface area contributed by atoms with E-state index < -0.39 is 8.32 Å². The maximum atomic E-state index is 11.2. The van der Waals surface area contributed by atoms with Crippen LogP contribution in [0.15, 0.2) is 12.7 Å². The fourth-order valence-corrected chi connectivity index (χ4v) is 5.20. The highest BCUT2D eigenvalue weighted by molar-refractivity contribution is 6.75. The standard InChI is InChI=1S/C11H22O3Si/c1-6-10(12)14-11(7-2)15(8-3,9-4)13-5/h6,11H,1,7-9H2,2-5H3. The minimum atomic E-state index is -1.92. The van der Waals surface area contributed by atoms with Crippen molar-refractivity contribution in [2.75, 3.05) is 7.11 Å². The lowest BCUT2D eigenvalue weighted by atomic mass is 10.5. The number of hydrogen-bond donors (Lipinski definition) is 0. The molecule has 0 aliphatic rings. The van der Waals surface area contributed by atoms with Crippen LogP contribution < -0.4 is 0 Å². The van der Waals surface area contributed by atoms with E-state index in [9.17, 15) is 4.79 Å². The van der Waals surface area contributed by atoms with Gasteiger partial charge in [-0.15, -0.1) is 0 Å². The van der Waals surface area contributed by atoms with Gasteiger partial charge in [0.15, 0.2) is 0 Å². The lowest BCUT2D eigenvalue weighted by Gasteiger charge is -2.34. The van der Waals surface area contributed by atoms with Crippen LogP contribution in [0.25, 0.3) is 0 Å². The van der Waals surface area contributed by atoms with Crippen LogP contribution in [-0.2, 0) is 14.0 Å². The topological polar surface area (TPSA) is 35.5 Å². The zero-order valence-electron chi connectivity index (χ0n) is 10.2. The predicted octanol–water partition coefficient (Wildman–Crippen LogP) is 2.67. The second-order valence-electron chi connectivity index (χ2n) is 3.51. The van der Waals surface area contributed by atoms with Gasteiger partial charge in [-0.05, 0) is 18.5 Å². The summed E-state index contributed by atoms with van der Waals surface area (Å²) >= 11 is 0. The van der Waals surface area contributed by atoms with Crippen molar-refractivity contribution in [3.63, 3.8) is 0 Å². The highest BCUT2D eigenvalue weighted by Crippen LogP contribution is 2.25. The summed E-state index contributed by atoms with van der Waals surface area (Å²) in [4.78, 5) is 11.2. The van der Waals surface area contributed by atoms with Gasteiger partial charge in [-0.3, -0.25) is 0 Å². The van der Waals surface area contributed by atoms with Gasteiger partial charge in [0.1, 0.15) is 5.73 Å². The average Bonchev–Trinajstić information content (AvgIpc) is 2.29. The van der Waals surface area contributed by atoms with Gasteiger partial charge < -0.3 is 9.16 Å². The molecule has 15 heavy (non-hydrogen) atoms. The first-order valence-corrected chi connectivity index (χ1v) is 7.88. The molecular formula is C11H22O3Si. The first kappa shape index (κ1) is 14.4. The highest BCUT2D eigenvalue weighted by atomic mass is 28.4. The van der Waals surface area contributed by atoms with Crippen LogP contribution >= 0.6 is 0 Å². The molecule has 4 heteroatoms. The van der Waals surface area contributed by atoms with Crippen molar-refractivity contribution < 1.29 is 14.0 Å². The van der Waals surface area contributed by atoms with Crippen LogP contribution in [0.1, 0.15) is 27.2 Å². The van der Waals surface area contributed by atoms with E-state index in [1.165, 1.54) is 6.08 Å². The summed E-state index contributed by atoms with van der Waals surface area (Å²) in [6.07, 6.45) is 2.02. The second-order valence-corrected chi connectivity index (χ2v) is 8.11. The SMILES string of the molecule is C=CC(=O)OC(CC)[Si](CC)(CC)OC. The van der Waals surface area contributed by atoms with Crippen LogP contribution in [0.4, 0.5) is 0 Å². The first-order chi connectivity index (χ1) is 7.10. The summed E-state index contributed by atoms with van der Waals surface area (Å²) in [5, 5.41) is 0. The molecule has 0 aromatic carbocycles. The van der Waals surface area contributed by atoms with Crippen molar-refractivity contribution in [3.05, 3.63) is 12.7 Å². The average molecular weight is 230 g/mol. The zero-order chi connectivity index (χ0) is 11.9. The molecule has 0 aliphatic carbocycles. The Labute approximate surface area is 93.6 Å². The maximum absolute atomic E-state index is 11.2. The Morgan fingerprint density at radius 3 is 2.20 bits per heavy atom. The fraction of sp³-hybridized carbons (Fsp3) is 0.727. The van der Waals surface area contributed by atoms with E-state index in [4.69, 9.17) is 9.16 Å². The monoisotopic (exact) mass is 230 g/mol. The number of hydrogen-bond acceptors (Lipinski definition) is 3. The Hall–Kier alpha value is -0.613. The Morgan fingerprint density at radius 1 is 1.40 bits per heavy atom. The molecule has 0 saturated carbocycles. The number of carbonyl (C=O) groups is 1. The van der Waals surface area contributed by atoms with Crippen molar-refractivity contribution in [3.8, 4) is 0 Å². The van der Waals surface area contributed by atoms with Crippen LogP contribution in [0, 0.1) is 0 Å². The summed E-state index contributed by atoms with van der Waals surface area (Å²) in [5.41, 5.74) is -0.0667. The van der Waals surface area contributed by atoms with Crippen LogP contribution in [-0.4, -0.2) is 27.1 Å². The summed E-state index contributed by atoms with van der Waals surface area (Å²) in [6, 6.07) is 1.92. The third-order valence-corrected chi connectivity index (χ3v) is 7.89. The smallest absolute Gasteiger partial charge is 0.330 e. The molecule has 0 amide bonds. The van der Waals surface area contributed by atoms with Gasteiger partial charge in [0.05, 0.1) is 0 Å². The van der Waals surface area contributed by atoms with Gasteiger partial charge in [-0.2, -0.15) is 0 Å². The van der Waals surface area contributed by atoms with Crippen LogP contribution in [0.5, 0.6) is 0 Å². The molecule has 0 saturated heterocycles. The number of carbonyl (C=O) groups excluding carboxylic acids is 1. The molecule has 88 valence electrons. The summed E-state index contributed by atoms with van der Waals surface area (Å²) < 4.78 is 11.0. The molecule has 0 bridgehead atoms. The minimum absolute atomic E-state index is 0.0667. The molecule has 0 aliphatic heterocycles. The van der Waals surface area contributed by atoms with E-state index in [1.54, 1.807) is 7.11 Å². The van der Waals surface area contributed by atoms with E-state index in [0.717, 1.165) is 18.5 Å². The van der Waals surface area contributed by atoms with E-state index in [0.29, 0.717) is 0 Å². The Kier molecular flexibility index (Phi) is 6.52. The molecule has 0 fully saturated rings. The van der Waals surface area contributed by atoms with Gasteiger partial charge in [0.2, 0.25) is 8.32 Å². The van der Waals surface area contributed by atoms with E-state index >= 15 is 0 Å². The molecule has 0 aromatic heterocycles. The number of esters is 1. The van der Waals surface area contributed by atoms with Crippen LogP contribution in [0.2, 0.25) is 12.1 Å². The minimum Gasteiger partial charge on any atom is -0.460 e. The molecule has 0 heterocycles. The first-order valence-electron chi connectivity index (χ1n) is 5.48. The largest absolute Gasteiger partial charge is 0.460 e. The van der Waals surface area contributed by atoms with E-state index in [2.05, 4.69) is 20.4 Å². The van der Waals surface area contributed by atoms with Gasteiger partial charge in [-0.25, -0.2) is 4.79 Å². The van der Waals surface area contributed by atoms with Gasteiger partial charge in [-0.1, -0.05) is 27.4 Å². The molecular weight excluding hydrogens is 208 g/mol. The van der Waals surface area contributed by atoms with E-state index in [-0.39, 0.29) is 11.7 Å². The molecule has 0 rings (SSSR count). The second kappa shape index (κ2) is 6.79. The molecule has 0 aromatic rings. The van der Waals surface area contributed by atoms with Crippen molar-refractivity contribution in [2.45, 2.75) is 45.0 Å². The Balaban J connectivity index is 4.73. The van der Waals surface area contributed by atoms with Gasteiger partial charge in [0, 0.05) is 13.2 Å². The van der Waals surface area contributed by atoms with Crippen molar-refractivity contribution >= 4 is 14.3 Å². The number of rotatable bonds is 7. The third kappa shape index (κ3) is 3.46. The Morgan fingerprint density at radius 2 is 1.93 bits per heavy atom. The predicted molar refractivity (Wildman–Crippen MR) is 64.1 cm³/mol. The summed E-state index contributed by atoms with van der Waals surface area (Å²) in [6.45, 7) is 9.63. The Bertz CT molecular complexity index is 204. The molecule has 0 radical (unpaired) electrons. The third-order valence-electron chi connectivity index (χ3n) is 2.99. The van der Waals surface area contributed by atoms with Crippen molar-refractivity contribution in [1.82, 2.24) is 0 Å². The van der Waals surface area contributed by atoms with E-state index in [1.807, 2.05) is 6.92 Å². The molecule has 3 nitrogen and oxygen atoms in total. The molecule has 1 atom stereocenters. The fourth-order valence-electron chi connectivity index (χ4n) is 1.88. The normalized spacial score (nSPS) is 13.3. The quantitative estimate of drug-likeness (QED) is 0.383. The van der Waals surface area contributed by atoms with Crippen LogP contribution in [0.3, 0.4) is 0 Å². The molecule has 1 unspecified atom stereocenters. The van der Waals surface area contributed by atoms with Gasteiger partial charge in [0.25, 0.3) is 0 Å².